The Hall–Kier alpha value is -3.14. The van der Waals surface area contributed by atoms with Crippen LogP contribution in [0.15, 0.2) is 54.1 Å². The van der Waals surface area contributed by atoms with E-state index in [9.17, 15) is 9.59 Å². The van der Waals surface area contributed by atoms with Gasteiger partial charge in [0.1, 0.15) is 0 Å². The van der Waals surface area contributed by atoms with Crippen LogP contribution in [0.2, 0.25) is 0 Å². The Morgan fingerprint density at radius 3 is 1.97 bits per heavy atom. The van der Waals surface area contributed by atoms with E-state index in [-0.39, 0.29) is 11.9 Å². The molecule has 1 aliphatic heterocycles. The first-order valence-corrected chi connectivity index (χ1v) is 11.1. The third-order valence-corrected chi connectivity index (χ3v) is 6.23. The fraction of sp³-hybridized carbons (Fsp3) is 0.333. The molecule has 0 spiro atoms. The van der Waals surface area contributed by atoms with Gasteiger partial charge in [0.05, 0.1) is 7.11 Å². The molecule has 0 bridgehead atoms. The van der Waals surface area contributed by atoms with E-state index in [0.717, 1.165) is 32.4 Å². The van der Waals surface area contributed by atoms with Crippen molar-refractivity contribution in [1.29, 1.82) is 0 Å². The monoisotopic (exact) mass is 415 g/mol. The molecule has 0 radical (unpaired) electrons. The van der Waals surface area contributed by atoms with Crippen LogP contribution in [-0.2, 0) is 14.3 Å². The number of nitrogens with zero attached hydrogens (tertiary/aromatic N) is 1. The Balaban J connectivity index is 1.49. The molecule has 1 heterocycles. The topological polar surface area (TPSA) is 46.6 Å². The minimum atomic E-state index is -0.208. The summed E-state index contributed by atoms with van der Waals surface area (Å²) in [6.45, 7) is 1.51. The summed E-state index contributed by atoms with van der Waals surface area (Å²) in [5, 5.41) is 0. The maximum atomic E-state index is 12.6. The zero-order valence-corrected chi connectivity index (χ0v) is 18.1. The minimum Gasteiger partial charge on any atom is -0.469 e. The molecule has 1 fully saturated rings. The van der Waals surface area contributed by atoms with E-state index < -0.39 is 0 Å². The van der Waals surface area contributed by atoms with Crippen LogP contribution in [0, 0.1) is 0 Å². The smallest absolute Gasteiger partial charge is 0.305 e. The van der Waals surface area contributed by atoms with Gasteiger partial charge in [0.15, 0.2) is 0 Å². The lowest BCUT2D eigenvalue weighted by Gasteiger charge is -2.30. The van der Waals surface area contributed by atoms with E-state index in [1.165, 1.54) is 40.5 Å². The van der Waals surface area contributed by atoms with Crippen molar-refractivity contribution < 1.29 is 14.3 Å². The molecule has 2 aliphatic rings. The van der Waals surface area contributed by atoms with E-state index >= 15 is 0 Å². The van der Waals surface area contributed by atoms with Crippen LogP contribution in [0.3, 0.4) is 0 Å². The van der Waals surface area contributed by atoms with E-state index in [1.807, 2.05) is 4.90 Å². The number of likely N-dealkylation sites (tertiary alicyclic amines) is 1. The number of carbonyl (C=O) groups excluding carboxylic acids is 2. The predicted octanol–water partition coefficient (Wildman–Crippen LogP) is 5.33. The van der Waals surface area contributed by atoms with Crippen molar-refractivity contribution in [3.8, 4) is 0 Å². The number of hydrogen-bond acceptors (Lipinski definition) is 3. The Morgan fingerprint density at radius 1 is 0.839 bits per heavy atom. The average molecular weight is 416 g/mol. The van der Waals surface area contributed by atoms with Crippen LogP contribution in [0.1, 0.15) is 60.8 Å². The van der Waals surface area contributed by atoms with Gasteiger partial charge in [-0.1, -0.05) is 66.3 Å². The number of amides is 1. The van der Waals surface area contributed by atoms with Crippen molar-refractivity contribution in [1.82, 2.24) is 4.90 Å². The van der Waals surface area contributed by atoms with E-state index in [0.29, 0.717) is 19.3 Å². The summed E-state index contributed by atoms with van der Waals surface area (Å²) in [5.41, 5.74) is 7.80. The van der Waals surface area contributed by atoms with Crippen molar-refractivity contribution >= 4 is 29.6 Å². The van der Waals surface area contributed by atoms with Gasteiger partial charge in [-0.15, -0.1) is 0 Å². The van der Waals surface area contributed by atoms with E-state index in [1.54, 1.807) is 0 Å². The number of unbranched alkanes of at least 4 members (excludes halogenated alkanes) is 1. The molecule has 4 nitrogen and oxygen atoms in total. The molecule has 0 saturated carbocycles. The highest BCUT2D eigenvalue weighted by atomic mass is 16.5. The average Bonchev–Trinajstić information content (AvgIpc) is 2.98. The lowest BCUT2D eigenvalue weighted by atomic mass is 9.86. The number of methoxy groups -OCH3 is 1. The van der Waals surface area contributed by atoms with Crippen molar-refractivity contribution in [2.75, 3.05) is 20.2 Å². The maximum Gasteiger partial charge on any atom is 0.305 e. The third kappa shape index (κ3) is 4.79. The van der Waals surface area contributed by atoms with Crippen LogP contribution in [0.5, 0.6) is 0 Å². The van der Waals surface area contributed by atoms with Crippen LogP contribution in [0.25, 0.3) is 17.7 Å². The second-order valence-corrected chi connectivity index (χ2v) is 8.15. The number of esters is 1. The van der Waals surface area contributed by atoms with Crippen molar-refractivity contribution in [3.63, 3.8) is 0 Å². The SMILES string of the molecule is COC(=O)CCCCC(=O)N1CCC(=C2c3ccccc3C=Cc3ccccc32)CC1. The van der Waals surface area contributed by atoms with Crippen LogP contribution in [0.4, 0.5) is 0 Å². The summed E-state index contributed by atoms with van der Waals surface area (Å²) in [5.74, 6) is -0.0163. The molecule has 0 N–H and O–H groups in total. The highest BCUT2D eigenvalue weighted by molar-refractivity contribution is 5.95. The zero-order valence-electron chi connectivity index (χ0n) is 18.1. The highest BCUT2D eigenvalue weighted by Gasteiger charge is 2.24. The number of ether oxygens (including phenoxy) is 1. The largest absolute Gasteiger partial charge is 0.469 e. The van der Waals surface area contributed by atoms with E-state index in [2.05, 4.69) is 65.4 Å². The molecular formula is C27H29NO3. The molecule has 160 valence electrons. The number of piperidine rings is 1. The van der Waals surface area contributed by atoms with Crippen LogP contribution in [-0.4, -0.2) is 37.0 Å². The van der Waals surface area contributed by atoms with Crippen molar-refractivity contribution in [2.45, 2.75) is 38.5 Å². The Morgan fingerprint density at radius 2 is 1.39 bits per heavy atom. The van der Waals surface area contributed by atoms with E-state index in [4.69, 9.17) is 0 Å². The summed E-state index contributed by atoms with van der Waals surface area (Å²) >= 11 is 0. The fourth-order valence-electron chi connectivity index (χ4n) is 4.53. The molecular weight excluding hydrogens is 386 g/mol. The fourth-order valence-corrected chi connectivity index (χ4v) is 4.53. The number of hydrogen-bond donors (Lipinski definition) is 0. The number of fused-ring (bicyclic) bond motifs is 2. The Bertz CT molecular complexity index is 973. The molecule has 1 saturated heterocycles. The molecule has 4 rings (SSSR count). The lowest BCUT2D eigenvalue weighted by molar-refractivity contribution is -0.141. The molecule has 1 amide bonds. The summed E-state index contributed by atoms with van der Waals surface area (Å²) in [4.78, 5) is 25.8. The molecule has 0 unspecified atom stereocenters. The molecule has 1 aliphatic carbocycles. The number of benzene rings is 2. The lowest BCUT2D eigenvalue weighted by Crippen LogP contribution is -2.36. The second kappa shape index (κ2) is 9.78. The summed E-state index contributed by atoms with van der Waals surface area (Å²) in [6.07, 6.45) is 8.50. The normalized spacial score (nSPS) is 15.2. The predicted molar refractivity (Wildman–Crippen MR) is 124 cm³/mol. The second-order valence-electron chi connectivity index (χ2n) is 8.15. The van der Waals surface area contributed by atoms with Gasteiger partial charge in [-0.3, -0.25) is 9.59 Å². The molecule has 2 aromatic carbocycles. The molecule has 4 heteroatoms. The van der Waals surface area contributed by atoms with Gasteiger partial charge in [-0.2, -0.15) is 0 Å². The summed E-state index contributed by atoms with van der Waals surface area (Å²) in [7, 11) is 1.40. The molecule has 2 aromatic rings. The van der Waals surface area contributed by atoms with Gasteiger partial charge >= 0.3 is 5.97 Å². The van der Waals surface area contributed by atoms with Gasteiger partial charge < -0.3 is 9.64 Å². The highest BCUT2D eigenvalue weighted by Crippen LogP contribution is 2.38. The van der Waals surface area contributed by atoms with Crippen LogP contribution < -0.4 is 0 Å². The van der Waals surface area contributed by atoms with Crippen LogP contribution >= 0.6 is 0 Å². The third-order valence-electron chi connectivity index (χ3n) is 6.23. The van der Waals surface area contributed by atoms with Gasteiger partial charge in [-0.25, -0.2) is 0 Å². The quantitative estimate of drug-likeness (QED) is 0.418. The minimum absolute atomic E-state index is 0.192. The molecule has 0 atom stereocenters. The molecule has 31 heavy (non-hydrogen) atoms. The first-order valence-electron chi connectivity index (χ1n) is 11.1. The Labute approximate surface area is 184 Å². The van der Waals surface area contributed by atoms with Gasteiger partial charge in [0.2, 0.25) is 5.91 Å². The maximum absolute atomic E-state index is 12.6. The van der Waals surface area contributed by atoms with Gasteiger partial charge in [0.25, 0.3) is 0 Å². The van der Waals surface area contributed by atoms with Crippen molar-refractivity contribution in [2.24, 2.45) is 0 Å². The van der Waals surface area contributed by atoms with Gasteiger partial charge in [0, 0.05) is 25.9 Å². The Kier molecular flexibility index (Phi) is 6.66. The number of rotatable bonds is 5. The van der Waals surface area contributed by atoms with Crippen molar-refractivity contribution in [3.05, 3.63) is 76.4 Å². The standard InChI is InChI=1S/C27H29NO3/c1-31-26(30)13-7-6-12-25(29)28-18-16-22(17-19-28)27-23-10-4-2-8-20(23)14-15-21-9-3-5-11-24(21)27/h2-5,8-11,14-15H,6-7,12-13,16-19H2,1H3. The zero-order chi connectivity index (χ0) is 21.6. The summed E-state index contributed by atoms with van der Waals surface area (Å²) in [6, 6.07) is 17.1. The summed E-state index contributed by atoms with van der Waals surface area (Å²) < 4.78 is 4.66. The first kappa shape index (κ1) is 21.1. The number of carbonyl (C=O) groups is 2. The first-order chi connectivity index (χ1) is 15.2. The molecule has 0 aromatic heterocycles. The van der Waals surface area contributed by atoms with Gasteiger partial charge in [-0.05, 0) is 53.5 Å².